The lowest BCUT2D eigenvalue weighted by Crippen LogP contribution is -2.58. The van der Waals surface area contributed by atoms with Crippen LogP contribution in [-0.2, 0) is 9.53 Å². The van der Waals surface area contributed by atoms with Crippen molar-refractivity contribution in [3.63, 3.8) is 0 Å². The second-order valence-electron chi connectivity index (χ2n) is 5.92. The van der Waals surface area contributed by atoms with E-state index in [0.717, 1.165) is 6.42 Å². The number of nitrogens with zero attached hydrogens (tertiary/aromatic N) is 1. The molecule has 0 spiro atoms. The summed E-state index contributed by atoms with van der Waals surface area (Å²) in [5.74, 6) is -1.01. The number of carbonyl (C=O) groups excluding carboxylic acids is 1. The zero-order chi connectivity index (χ0) is 14.6. The molecule has 19 heavy (non-hydrogen) atoms. The van der Waals surface area contributed by atoms with Gasteiger partial charge in [-0.05, 0) is 11.8 Å². The van der Waals surface area contributed by atoms with Gasteiger partial charge in [0.1, 0.15) is 6.04 Å². The van der Waals surface area contributed by atoms with Crippen LogP contribution in [0.25, 0.3) is 0 Å². The Morgan fingerprint density at radius 1 is 1.47 bits per heavy atom. The molecule has 1 heterocycles. The van der Waals surface area contributed by atoms with Crippen molar-refractivity contribution < 1.29 is 19.4 Å². The topological polar surface area (TPSA) is 78.9 Å². The average molecular weight is 272 g/mol. The van der Waals surface area contributed by atoms with Gasteiger partial charge in [-0.2, -0.15) is 0 Å². The molecule has 2 unspecified atom stereocenters. The minimum absolute atomic E-state index is 0.0168. The molecule has 2 atom stereocenters. The fourth-order valence-corrected chi connectivity index (χ4v) is 2.12. The number of rotatable bonds is 3. The minimum atomic E-state index is -1.01. The number of carboxylic acid groups (broad SMARTS) is 1. The van der Waals surface area contributed by atoms with Crippen LogP contribution in [0, 0.1) is 5.41 Å². The number of carboxylic acids is 1. The number of ether oxygens (including phenoxy) is 1. The number of hydrogen-bond donors (Lipinski definition) is 2. The third-order valence-electron chi connectivity index (χ3n) is 3.34. The third kappa shape index (κ3) is 4.09. The molecule has 6 heteroatoms. The molecular formula is C13H24N2O4. The fourth-order valence-electron chi connectivity index (χ4n) is 2.12. The number of aliphatic carboxylic acids is 1. The SMILES string of the molecule is CCC1COCCN1C(=O)NC(C(=O)O)C(C)(C)C. The molecule has 2 amide bonds. The van der Waals surface area contributed by atoms with Crippen LogP contribution in [0.15, 0.2) is 0 Å². The van der Waals surface area contributed by atoms with Gasteiger partial charge in [0.15, 0.2) is 0 Å². The van der Waals surface area contributed by atoms with Crippen LogP contribution in [0.3, 0.4) is 0 Å². The first kappa shape index (κ1) is 15.8. The summed E-state index contributed by atoms with van der Waals surface area (Å²) < 4.78 is 5.34. The summed E-state index contributed by atoms with van der Waals surface area (Å²) in [5, 5.41) is 11.8. The molecule has 6 nitrogen and oxygen atoms in total. The lowest BCUT2D eigenvalue weighted by atomic mass is 9.87. The summed E-state index contributed by atoms with van der Waals surface area (Å²) in [6.45, 7) is 8.88. The predicted molar refractivity (Wildman–Crippen MR) is 71.0 cm³/mol. The van der Waals surface area contributed by atoms with E-state index in [1.54, 1.807) is 25.7 Å². The molecule has 0 bridgehead atoms. The summed E-state index contributed by atoms with van der Waals surface area (Å²) >= 11 is 0. The molecule has 0 aliphatic carbocycles. The molecule has 0 saturated carbocycles. The van der Waals surface area contributed by atoms with E-state index in [-0.39, 0.29) is 12.1 Å². The highest BCUT2D eigenvalue weighted by Gasteiger charge is 2.35. The van der Waals surface area contributed by atoms with Crippen LogP contribution in [-0.4, -0.2) is 53.8 Å². The first-order chi connectivity index (χ1) is 8.77. The maximum atomic E-state index is 12.2. The van der Waals surface area contributed by atoms with Gasteiger partial charge in [0.2, 0.25) is 0 Å². The van der Waals surface area contributed by atoms with Crippen LogP contribution in [0.4, 0.5) is 4.79 Å². The third-order valence-corrected chi connectivity index (χ3v) is 3.34. The van der Waals surface area contributed by atoms with E-state index >= 15 is 0 Å². The monoisotopic (exact) mass is 272 g/mol. The van der Waals surface area contributed by atoms with Crippen LogP contribution in [0.1, 0.15) is 34.1 Å². The molecule has 0 aromatic rings. The van der Waals surface area contributed by atoms with Gasteiger partial charge in [0.05, 0.1) is 19.3 Å². The Labute approximate surface area is 114 Å². The zero-order valence-corrected chi connectivity index (χ0v) is 12.1. The van der Waals surface area contributed by atoms with E-state index in [4.69, 9.17) is 4.74 Å². The number of urea groups is 1. The van der Waals surface area contributed by atoms with Gasteiger partial charge < -0.3 is 20.1 Å². The Bertz CT molecular complexity index is 338. The van der Waals surface area contributed by atoms with Crippen LogP contribution < -0.4 is 5.32 Å². The Balaban J connectivity index is 2.73. The summed E-state index contributed by atoms with van der Waals surface area (Å²) in [7, 11) is 0. The van der Waals surface area contributed by atoms with Crippen molar-refractivity contribution in [3.05, 3.63) is 0 Å². The van der Waals surface area contributed by atoms with Gasteiger partial charge >= 0.3 is 12.0 Å². The summed E-state index contributed by atoms with van der Waals surface area (Å²) in [5.41, 5.74) is -0.532. The van der Waals surface area contributed by atoms with Gasteiger partial charge in [-0.15, -0.1) is 0 Å². The van der Waals surface area contributed by atoms with E-state index in [0.29, 0.717) is 19.8 Å². The van der Waals surface area contributed by atoms with Crippen molar-refractivity contribution >= 4 is 12.0 Å². The van der Waals surface area contributed by atoms with Gasteiger partial charge in [-0.3, -0.25) is 0 Å². The molecule has 0 radical (unpaired) electrons. The quantitative estimate of drug-likeness (QED) is 0.812. The maximum absolute atomic E-state index is 12.2. The molecule has 1 aliphatic rings. The first-order valence-corrected chi connectivity index (χ1v) is 6.65. The minimum Gasteiger partial charge on any atom is -0.480 e. The van der Waals surface area contributed by atoms with Crippen molar-refractivity contribution in [1.82, 2.24) is 10.2 Å². The zero-order valence-electron chi connectivity index (χ0n) is 12.1. The lowest BCUT2D eigenvalue weighted by Gasteiger charge is -2.37. The molecular weight excluding hydrogens is 248 g/mol. The summed E-state index contributed by atoms with van der Waals surface area (Å²) in [4.78, 5) is 25.2. The van der Waals surface area contributed by atoms with E-state index in [2.05, 4.69) is 5.32 Å². The Kier molecular flexibility index (Phi) is 5.17. The van der Waals surface area contributed by atoms with Gasteiger partial charge in [-0.1, -0.05) is 27.7 Å². The fraction of sp³-hybridized carbons (Fsp3) is 0.846. The number of nitrogens with one attached hydrogen (secondary N) is 1. The Morgan fingerprint density at radius 2 is 2.11 bits per heavy atom. The largest absolute Gasteiger partial charge is 0.480 e. The standard InChI is InChI=1S/C13H24N2O4/c1-5-9-8-19-7-6-15(9)12(18)14-10(11(16)17)13(2,3)4/h9-10H,5-8H2,1-4H3,(H,14,18)(H,16,17). The predicted octanol–water partition coefficient (Wildman–Crippen LogP) is 1.31. The highest BCUT2D eigenvalue weighted by Crippen LogP contribution is 2.20. The molecule has 0 aromatic carbocycles. The van der Waals surface area contributed by atoms with Crippen molar-refractivity contribution in [1.29, 1.82) is 0 Å². The second-order valence-corrected chi connectivity index (χ2v) is 5.92. The number of morpholine rings is 1. The van der Waals surface area contributed by atoms with Gasteiger partial charge in [-0.25, -0.2) is 9.59 Å². The van der Waals surface area contributed by atoms with Crippen LogP contribution in [0.5, 0.6) is 0 Å². The average Bonchev–Trinajstić information content (AvgIpc) is 2.33. The number of hydrogen-bond acceptors (Lipinski definition) is 3. The summed E-state index contributed by atoms with van der Waals surface area (Å²) in [6, 6.07) is -1.21. The first-order valence-electron chi connectivity index (χ1n) is 6.65. The second kappa shape index (κ2) is 6.23. The Morgan fingerprint density at radius 3 is 2.58 bits per heavy atom. The molecule has 1 saturated heterocycles. The number of amides is 2. The van der Waals surface area contributed by atoms with Gasteiger partial charge in [0, 0.05) is 6.54 Å². The van der Waals surface area contributed by atoms with Gasteiger partial charge in [0.25, 0.3) is 0 Å². The van der Waals surface area contributed by atoms with Crippen LogP contribution >= 0.6 is 0 Å². The van der Waals surface area contributed by atoms with E-state index in [1.807, 2.05) is 6.92 Å². The number of carbonyl (C=O) groups is 2. The smallest absolute Gasteiger partial charge is 0.326 e. The van der Waals surface area contributed by atoms with Crippen molar-refractivity contribution in [2.24, 2.45) is 5.41 Å². The Hall–Kier alpha value is -1.30. The van der Waals surface area contributed by atoms with E-state index in [1.165, 1.54) is 0 Å². The highest BCUT2D eigenvalue weighted by molar-refractivity contribution is 5.83. The van der Waals surface area contributed by atoms with Crippen molar-refractivity contribution in [2.75, 3.05) is 19.8 Å². The molecule has 1 fully saturated rings. The van der Waals surface area contributed by atoms with Crippen molar-refractivity contribution in [3.8, 4) is 0 Å². The molecule has 2 N–H and O–H groups in total. The normalized spacial score (nSPS) is 21.9. The van der Waals surface area contributed by atoms with Crippen LogP contribution in [0.2, 0.25) is 0 Å². The van der Waals surface area contributed by atoms with E-state index < -0.39 is 17.4 Å². The molecule has 1 rings (SSSR count). The molecule has 110 valence electrons. The highest BCUT2D eigenvalue weighted by atomic mass is 16.5. The van der Waals surface area contributed by atoms with E-state index in [9.17, 15) is 14.7 Å². The van der Waals surface area contributed by atoms with Crippen molar-refractivity contribution in [2.45, 2.75) is 46.2 Å². The summed E-state index contributed by atoms with van der Waals surface area (Å²) in [6.07, 6.45) is 0.792. The maximum Gasteiger partial charge on any atom is 0.326 e. The lowest BCUT2D eigenvalue weighted by molar-refractivity contribution is -0.142. The molecule has 0 aromatic heterocycles. The molecule has 1 aliphatic heterocycles.